The molecule has 0 bridgehead atoms. The van der Waals surface area contributed by atoms with Crippen molar-refractivity contribution in [1.82, 2.24) is 9.97 Å². The van der Waals surface area contributed by atoms with Crippen LogP contribution in [0.5, 0.6) is 5.75 Å². The summed E-state index contributed by atoms with van der Waals surface area (Å²) >= 11 is 0. The molecule has 1 heterocycles. The molecule has 0 N–H and O–H groups in total. The lowest BCUT2D eigenvalue weighted by atomic mass is 10.0. The van der Waals surface area contributed by atoms with E-state index >= 15 is 0 Å². The van der Waals surface area contributed by atoms with Crippen LogP contribution < -0.4 is 4.74 Å². The number of benzene rings is 2. The lowest BCUT2D eigenvalue weighted by molar-refractivity contribution is 0.306. The van der Waals surface area contributed by atoms with E-state index in [1.165, 1.54) is 80.9 Å². The number of rotatable bonds is 15. The molecule has 0 spiro atoms. The zero-order valence-corrected chi connectivity index (χ0v) is 20.6. The maximum atomic E-state index is 5.99. The maximum absolute atomic E-state index is 5.99. The van der Waals surface area contributed by atoms with E-state index in [0.717, 1.165) is 23.6 Å². The Morgan fingerprint density at radius 2 is 1.15 bits per heavy atom. The summed E-state index contributed by atoms with van der Waals surface area (Å²) in [5, 5.41) is 0. The van der Waals surface area contributed by atoms with Crippen molar-refractivity contribution >= 4 is 0 Å². The van der Waals surface area contributed by atoms with E-state index in [4.69, 9.17) is 4.74 Å². The van der Waals surface area contributed by atoms with Crippen LogP contribution in [0, 0.1) is 0 Å². The lowest BCUT2D eigenvalue weighted by Gasteiger charge is -2.08. The molecular weight excluding hydrogens is 404 g/mol. The average molecular weight is 445 g/mol. The van der Waals surface area contributed by atoms with Crippen LogP contribution in [0.4, 0.5) is 0 Å². The van der Waals surface area contributed by atoms with Crippen molar-refractivity contribution in [1.29, 1.82) is 0 Å². The summed E-state index contributed by atoms with van der Waals surface area (Å²) in [6, 6.07) is 16.9. The van der Waals surface area contributed by atoms with Gasteiger partial charge in [0.25, 0.3) is 0 Å². The van der Waals surface area contributed by atoms with Crippen LogP contribution in [-0.4, -0.2) is 9.97 Å². The second-order valence-corrected chi connectivity index (χ2v) is 9.02. The van der Waals surface area contributed by atoms with Crippen molar-refractivity contribution in [3.8, 4) is 17.1 Å². The van der Waals surface area contributed by atoms with Crippen LogP contribution in [0.25, 0.3) is 11.4 Å². The third-order valence-electron chi connectivity index (χ3n) is 6.13. The highest BCUT2D eigenvalue weighted by molar-refractivity contribution is 5.55. The number of hydrogen-bond donors (Lipinski definition) is 0. The Bertz CT molecular complexity index is 902. The van der Waals surface area contributed by atoms with Crippen molar-refractivity contribution < 1.29 is 4.74 Å². The predicted molar refractivity (Wildman–Crippen MR) is 139 cm³/mol. The number of aryl methyl sites for hydroxylation is 2. The summed E-state index contributed by atoms with van der Waals surface area (Å²) in [6.07, 6.45) is 18.0. The highest BCUT2D eigenvalue weighted by Crippen LogP contribution is 2.21. The van der Waals surface area contributed by atoms with Crippen LogP contribution >= 0.6 is 0 Å². The van der Waals surface area contributed by atoms with Gasteiger partial charge in [0, 0.05) is 18.0 Å². The number of nitrogens with zero attached hydrogens (tertiary/aromatic N) is 2. The molecule has 0 aliphatic carbocycles. The van der Waals surface area contributed by atoms with Gasteiger partial charge in [0.1, 0.15) is 12.4 Å². The van der Waals surface area contributed by atoms with E-state index in [-0.39, 0.29) is 0 Å². The van der Waals surface area contributed by atoms with Gasteiger partial charge < -0.3 is 4.74 Å². The number of hydrogen-bond acceptors (Lipinski definition) is 3. The number of aromatic nitrogens is 2. The molecule has 33 heavy (non-hydrogen) atoms. The summed E-state index contributed by atoms with van der Waals surface area (Å²) in [4.78, 5) is 9.05. The molecule has 176 valence electrons. The van der Waals surface area contributed by atoms with Crippen molar-refractivity contribution in [2.75, 3.05) is 0 Å². The molecule has 3 aromatic rings. The minimum atomic E-state index is 0.583. The Hall–Kier alpha value is -2.68. The highest BCUT2D eigenvalue weighted by atomic mass is 16.5. The second kappa shape index (κ2) is 14.5. The SMILES string of the molecule is CCCCCCCCCc1ccc(COc2ccc(-c3ncc(CCCC)cn3)cc2)cc1. The average Bonchev–Trinajstić information content (AvgIpc) is 2.87. The van der Waals surface area contributed by atoms with E-state index in [1.807, 2.05) is 36.7 Å². The van der Waals surface area contributed by atoms with Crippen molar-refractivity contribution in [3.63, 3.8) is 0 Å². The first-order valence-electron chi connectivity index (χ1n) is 12.9. The molecule has 0 aliphatic rings. The Morgan fingerprint density at radius 1 is 0.576 bits per heavy atom. The normalized spacial score (nSPS) is 11.0. The fraction of sp³-hybridized carbons (Fsp3) is 0.467. The zero-order valence-electron chi connectivity index (χ0n) is 20.6. The molecular formula is C30H40N2O. The van der Waals surface area contributed by atoms with Gasteiger partial charge in [-0.1, -0.05) is 83.1 Å². The second-order valence-electron chi connectivity index (χ2n) is 9.02. The van der Waals surface area contributed by atoms with E-state index in [1.54, 1.807) is 0 Å². The molecule has 0 atom stereocenters. The van der Waals surface area contributed by atoms with Crippen LogP contribution in [0.15, 0.2) is 60.9 Å². The quantitative estimate of drug-likeness (QED) is 0.221. The molecule has 0 saturated heterocycles. The Balaban J connectivity index is 1.40. The summed E-state index contributed by atoms with van der Waals surface area (Å²) < 4.78 is 5.99. The largest absolute Gasteiger partial charge is 0.489 e. The third kappa shape index (κ3) is 9.00. The fourth-order valence-corrected chi connectivity index (χ4v) is 3.97. The van der Waals surface area contributed by atoms with Gasteiger partial charge in [-0.05, 0) is 66.6 Å². The molecule has 0 fully saturated rings. The van der Waals surface area contributed by atoms with E-state index < -0.39 is 0 Å². The highest BCUT2D eigenvalue weighted by Gasteiger charge is 2.03. The van der Waals surface area contributed by atoms with Crippen LogP contribution in [-0.2, 0) is 19.4 Å². The molecule has 2 aromatic carbocycles. The van der Waals surface area contributed by atoms with Crippen molar-refractivity contribution in [2.24, 2.45) is 0 Å². The summed E-state index contributed by atoms with van der Waals surface area (Å²) in [5.41, 5.74) is 4.85. The Kier molecular flexibility index (Phi) is 10.9. The number of ether oxygens (including phenoxy) is 1. The van der Waals surface area contributed by atoms with Crippen molar-refractivity contribution in [3.05, 3.63) is 77.6 Å². The van der Waals surface area contributed by atoms with Gasteiger partial charge in [-0.2, -0.15) is 0 Å². The van der Waals surface area contributed by atoms with Crippen LogP contribution in [0.3, 0.4) is 0 Å². The maximum Gasteiger partial charge on any atom is 0.159 e. The minimum absolute atomic E-state index is 0.583. The van der Waals surface area contributed by atoms with Crippen LogP contribution in [0.2, 0.25) is 0 Å². The van der Waals surface area contributed by atoms with Gasteiger partial charge in [-0.3, -0.25) is 0 Å². The van der Waals surface area contributed by atoms with Gasteiger partial charge in [0.2, 0.25) is 0 Å². The topological polar surface area (TPSA) is 35.0 Å². The van der Waals surface area contributed by atoms with E-state index in [9.17, 15) is 0 Å². The standard InChI is InChI=1S/C30H40N2O/c1-3-5-7-8-9-10-11-13-25-14-16-26(17-15-25)24-33-29-20-18-28(19-21-29)30-31-22-27(23-32-30)12-6-4-2/h14-23H,3-13,24H2,1-2H3. The molecule has 0 saturated carbocycles. The first kappa shape index (κ1) is 25.0. The minimum Gasteiger partial charge on any atom is -0.489 e. The molecule has 1 aromatic heterocycles. The molecule has 0 radical (unpaired) electrons. The lowest BCUT2D eigenvalue weighted by Crippen LogP contribution is -1.96. The summed E-state index contributed by atoms with van der Waals surface area (Å²) in [6.45, 7) is 5.06. The fourth-order valence-electron chi connectivity index (χ4n) is 3.97. The number of unbranched alkanes of at least 4 members (excludes halogenated alkanes) is 7. The summed E-state index contributed by atoms with van der Waals surface area (Å²) in [5.74, 6) is 1.63. The monoisotopic (exact) mass is 444 g/mol. The van der Waals surface area contributed by atoms with E-state index in [2.05, 4.69) is 48.1 Å². The smallest absolute Gasteiger partial charge is 0.159 e. The molecule has 3 rings (SSSR count). The molecule has 0 unspecified atom stereocenters. The van der Waals surface area contributed by atoms with Gasteiger partial charge in [-0.25, -0.2) is 9.97 Å². The van der Waals surface area contributed by atoms with Gasteiger partial charge in [0.15, 0.2) is 5.82 Å². The predicted octanol–water partition coefficient (Wildman–Crippen LogP) is 8.36. The molecule has 0 amide bonds. The molecule has 3 nitrogen and oxygen atoms in total. The molecule has 0 aliphatic heterocycles. The first-order valence-corrected chi connectivity index (χ1v) is 12.9. The Labute approximate surface area is 200 Å². The van der Waals surface area contributed by atoms with E-state index in [0.29, 0.717) is 6.61 Å². The Morgan fingerprint density at radius 3 is 1.82 bits per heavy atom. The van der Waals surface area contributed by atoms with Gasteiger partial charge in [0.05, 0.1) is 0 Å². The van der Waals surface area contributed by atoms with Gasteiger partial charge in [-0.15, -0.1) is 0 Å². The van der Waals surface area contributed by atoms with Crippen molar-refractivity contribution in [2.45, 2.75) is 91.1 Å². The van der Waals surface area contributed by atoms with Crippen LogP contribution in [0.1, 0.15) is 88.3 Å². The first-order chi connectivity index (χ1) is 16.3. The third-order valence-corrected chi connectivity index (χ3v) is 6.13. The van der Waals surface area contributed by atoms with Gasteiger partial charge >= 0.3 is 0 Å². The zero-order chi connectivity index (χ0) is 23.1. The molecule has 3 heteroatoms. The summed E-state index contributed by atoms with van der Waals surface area (Å²) in [7, 11) is 0.